The molecule has 0 aromatic rings. The number of unbranched alkanes of at least 4 members (excludes halogenated alkanes) is 20. The molecule has 0 radical (unpaired) electrons. The van der Waals surface area contributed by atoms with Gasteiger partial charge in [0.15, 0.2) is 0 Å². The Morgan fingerprint density at radius 1 is 0.542 bits per heavy atom. The normalized spacial score (nSPS) is 14.2. The highest BCUT2D eigenvalue weighted by Crippen LogP contribution is 2.38. The van der Waals surface area contributed by atoms with Gasteiger partial charge in [-0.25, -0.2) is 0 Å². The van der Waals surface area contributed by atoms with Gasteiger partial charge in [-0.05, 0) is 77.0 Å². The van der Waals surface area contributed by atoms with Gasteiger partial charge in [0.05, 0.1) is 34.4 Å². The average molecular weight is 850 g/mol. The van der Waals surface area contributed by atoms with E-state index in [2.05, 4.69) is 74.6 Å². The molecule has 9 heteroatoms. The van der Waals surface area contributed by atoms with Crippen LogP contribution in [-0.4, -0.2) is 70.7 Å². The lowest BCUT2D eigenvalue weighted by Crippen LogP contribution is -2.37. The molecule has 0 N–H and O–H groups in total. The second-order valence-electron chi connectivity index (χ2n) is 17.1. The van der Waals surface area contributed by atoms with Crippen molar-refractivity contribution < 1.29 is 37.3 Å². The fourth-order valence-electron chi connectivity index (χ4n) is 6.36. The molecular weight excluding hydrogens is 758 g/mol. The summed E-state index contributed by atoms with van der Waals surface area (Å²) < 4.78 is 34.7. The van der Waals surface area contributed by atoms with Crippen LogP contribution in [0.3, 0.4) is 0 Å². The van der Waals surface area contributed by atoms with Crippen LogP contribution in [-0.2, 0) is 27.9 Å². The number of ether oxygens (including phenoxy) is 2. The molecule has 0 aliphatic carbocycles. The van der Waals surface area contributed by atoms with E-state index in [1.165, 1.54) is 109 Å². The van der Waals surface area contributed by atoms with Gasteiger partial charge in [-0.15, -0.1) is 0 Å². The molecule has 0 aromatic carbocycles. The van der Waals surface area contributed by atoms with Gasteiger partial charge in [0, 0.05) is 13.0 Å². The van der Waals surface area contributed by atoms with E-state index in [4.69, 9.17) is 18.5 Å². The van der Waals surface area contributed by atoms with E-state index in [0.717, 1.165) is 64.2 Å². The third-order valence-electron chi connectivity index (χ3n) is 10.1. The van der Waals surface area contributed by atoms with Crippen molar-refractivity contribution in [1.29, 1.82) is 0 Å². The first-order chi connectivity index (χ1) is 28.6. The number of phosphoric ester groups is 1. The highest BCUT2D eigenvalue weighted by Gasteiger charge is 2.20. The van der Waals surface area contributed by atoms with Crippen molar-refractivity contribution in [2.45, 2.75) is 200 Å². The predicted molar refractivity (Wildman–Crippen MR) is 249 cm³/mol. The summed E-state index contributed by atoms with van der Waals surface area (Å²) in [6.45, 7) is 5.27. The molecule has 0 saturated carbocycles. The summed E-state index contributed by atoms with van der Waals surface area (Å²) in [7, 11) is 1.34. The largest absolute Gasteiger partial charge is 0.756 e. The maximum atomic E-state index is 12.7. The number of carbonyl (C=O) groups excluding carboxylic acids is 1. The number of carbonyl (C=O) groups is 1. The van der Waals surface area contributed by atoms with Crippen molar-refractivity contribution in [3.63, 3.8) is 0 Å². The van der Waals surface area contributed by atoms with Crippen LogP contribution in [0.2, 0.25) is 0 Å². The van der Waals surface area contributed by atoms with Gasteiger partial charge in [-0.2, -0.15) is 0 Å². The molecule has 0 aromatic heterocycles. The highest BCUT2D eigenvalue weighted by atomic mass is 31.2. The molecule has 0 heterocycles. The van der Waals surface area contributed by atoms with E-state index in [9.17, 15) is 14.3 Å². The number of likely N-dealkylation sites (N-methyl/N-ethyl adjacent to an activating group) is 1. The quantitative estimate of drug-likeness (QED) is 0.0198. The van der Waals surface area contributed by atoms with Gasteiger partial charge in [0.1, 0.15) is 19.3 Å². The number of quaternary nitrogens is 1. The number of hydrogen-bond acceptors (Lipinski definition) is 7. The van der Waals surface area contributed by atoms with Crippen LogP contribution in [0, 0.1) is 0 Å². The zero-order valence-corrected chi connectivity index (χ0v) is 39.8. The third-order valence-corrected chi connectivity index (χ3v) is 11.0. The summed E-state index contributed by atoms with van der Waals surface area (Å²) >= 11 is 0. The van der Waals surface area contributed by atoms with E-state index >= 15 is 0 Å². The molecule has 0 amide bonds. The maximum Gasteiger partial charge on any atom is 0.306 e. The first kappa shape index (κ1) is 57.2. The Balaban J connectivity index is 4.21. The Bertz CT molecular complexity index is 1130. The Labute approximate surface area is 364 Å². The second-order valence-corrected chi connectivity index (χ2v) is 18.5. The van der Waals surface area contributed by atoms with Crippen LogP contribution in [0.1, 0.15) is 194 Å². The predicted octanol–water partition coefficient (Wildman–Crippen LogP) is 13.9. The molecule has 0 aliphatic rings. The van der Waals surface area contributed by atoms with Gasteiger partial charge in [0.25, 0.3) is 7.82 Å². The lowest BCUT2D eigenvalue weighted by Gasteiger charge is -2.28. The van der Waals surface area contributed by atoms with E-state index in [0.29, 0.717) is 24.1 Å². The van der Waals surface area contributed by atoms with Crippen LogP contribution in [0.4, 0.5) is 0 Å². The van der Waals surface area contributed by atoms with Gasteiger partial charge in [-0.3, -0.25) is 9.36 Å². The highest BCUT2D eigenvalue weighted by molar-refractivity contribution is 7.45. The minimum Gasteiger partial charge on any atom is -0.756 e. The lowest BCUT2D eigenvalue weighted by molar-refractivity contribution is -0.870. The third kappa shape index (κ3) is 47.1. The fraction of sp³-hybridized carbons (Fsp3) is 0.780. The Hall–Kier alpha value is -1.80. The number of esters is 1. The van der Waals surface area contributed by atoms with Crippen LogP contribution in [0.5, 0.6) is 0 Å². The van der Waals surface area contributed by atoms with Crippen molar-refractivity contribution in [3.05, 3.63) is 60.8 Å². The summed E-state index contributed by atoms with van der Waals surface area (Å²) in [6.07, 6.45) is 53.7. The summed E-state index contributed by atoms with van der Waals surface area (Å²) in [5.41, 5.74) is 0. The van der Waals surface area contributed by atoms with Crippen LogP contribution in [0.15, 0.2) is 60.8 Å². The average Bonchev–Trinajstić information content (AvgIpc) is 3.19. The van der Waals surface area contributed by atoms with Crippen molar-refractivity contribution in [2.75, 3.05) is 54.1 Å². The van der Waals surface area contributed by atoms with Gasteiger partial charge < -0.3 is 27.9 Å². The first-order valence-corrected chi connectivity index (χ1v) is 25.5. The van der Waals surface area contributed by atoms with Crippen molar-refractivity contribution in [3.8, 4) is 0 Å². The molecule has 0 rings (SSSR count). The second kappa shape index (κ2) is 42.9. The van der Waals surface area contributed by atoms with Gasteiger partial charge in [-0.1, -0.05) is 171 Å². The zero-order valence-electron chi connectivity index (χ0n) is 38.9. The summed E-state index contributed by atoms with van der Waals surface area (Å²) in [4.78, 5) is 25.1. The molecule has 0 saturated heterocycles. The minimum atomic E-state index is -4.53. The molecule has 0 fully saturated rings. The Kier molecular flexibility index (Phi) is 41.6. The van der Waals surface area contributed by atoms with E-state index in [1.807, 2.05) is 21.1 Å². The molecule has 59 heavy (non-hydrogen) atoms. The number of nitrogens with zero attached hydrogens (tertiary/aromatic N) is 1. The van der Waals surface area contributed by atoms with Crippen LogP contribution in [0.25, 0.3) is 0 Å². The number of allylic oxidation sites excluding steroid dienone is 10. The van der Waals surface area contributed by atoms with Crippen molar-refractivity contribution in [2.24, 2.45) is 0 Å². The van der Waals surface area contributed by atoms with Crippen LogP contribution < -0.4 is 4.89 Å². The fourth-order valence-corrected chi connectivity index (χ4v) is 7.08. The maximum absolute atomic E-state index is 12.7. The summed E-state index contributed by atoms with van der Waals surface area (Å²) in [5.74, 6) is -0.345. The van der Waals surface area contributed by atoms with Gasteiger partial charge in [0.2, 0.25) is 0 Å². The molecule has 2 atom stereocenters. The molecule has 0 spiro atoms. The minimum absolute atomic E-state index is 0.0210. The Morgan fingerprint density at radius 3 is 1.49 bits per heavy atom. The van der Waals surface area contributed by atoms with Crippen LogP contribution >= 0.6 is 7.82 Å². The van der Waals surface area contributed by atoms with Crippen molar-refractivity contribution >= 4 is 13.8 Å². The zero-order chi connectivity index (χ0) is 43.4. The summed E-state index contributed by atoms with van der Waals surface area (Å²) in [5, 5.41) is 0. The molecule has 0 aliphatic heterocycles. The topological polar surface area (TPSA) is 94.1 Å². The van der Waals surface area contributed by atoms with E-state index in [1.54, 1.807) is 0 Å². The SMILES string of the molecule is CC/C=C\C/C=C\C/C=C\C/C=C\CCCCCCCCCCC(=O)OC(COCCCCCCCC/C=C\CCCCCCCC)COP(=O)([O-])OCC[N+](C)(C)C. The molecule has 0 bridgehead atoms. The smallest absolute Gasteiger partial charge is 0.306 e. The number of rotatable bonds is 44. The number of phosphoric acid groups is 1. The van der Waals surface area contributed by atoms with E-state index < -0.39 is 13.9 Å². The Morgan fingerprint density at radius 2 is 0.983 bits per heavy atom. The van der Waals surface area contributed by atoms with Crippen molar-refractivity contribution in [1.82, 2.24) is 0 Å². The standard InChI is InChI=1S/C50H92NO7P/c1-6-8-10-12-14-16-18-20-22-24-25-26-27-28-29-31-33-35-37-39-41-43-50(52)58-49(48-57-59(53,54)56-46-44-51(3,4)5)47-55-45-42-40-38-36-34-32-30-23-21-19-17-15-13-11-9-7-2/h8,10,14,16,20-23,25-26,49H,6-7,9,11-13,15,17-19,24,27-48H2,1-5H3/b10-8-,16-14-,22-20-,23-21-,26-25-. The molecular formula is C50H92NO7P. The molecule has 344 valence electrons. The summed E-state index contributed by atoms with van der Waals surface area (Å²) in [6, 6.07) is 0. The molecule has 8 nitrogen and oxygen atoms in total. The van der Waals surface area contributed by atoms with Gasteiger partial charge >= 0.3 is 5.97 Å². The monoisotopic (exact) mass is 850 g/mol. The lowest BCUT2D eigenvalue weighted by atomic mass is 10.1. The van der Waals surface area contributed by atoms with E-state index in [-0.39, 0.29) is 25.8 Å². The number of hydrogen-bond donors (Lipinski definition) is 0. The molecule has 2 unspecified atom stereocenters. The first-order valence-electron chi connectivity index (χ1n) is 24.0.